The molecule has 26 heavy (non-hydrogen) atoms. The third kappa shape index (κ3) is 4.86. The zero-order chi connectivity index (χ0) is 18.5. The van der Waals surface area contributed by atoms with Crippen molar-refractivity contribution in [2.45, 2.75) is 26.3 Å². The number of likely N-dealkylation sites (N-methyl/N-ethyl adjacent to an activating group) is 1. The van der Waals surface area contributed by atoms with Crippen LogP contribution in [0.4, 0.5) is 0 Å². The second-order valence-corrected chi connectivity index (χ2v) is 7.25. The van der Waals surface area contributed by atoms with Gasteiger partial charge in [-0.15, -0.1) is 0 Å². The van der Waals surface area contributed by atoms with Crippen LogP contribution in [-0.4, -0.2) is 79.5 Å². The number of amides is 2. The molecule has 2 fully saturated rings. The molecule has 7 heteroatoms. The first-order chi connectivity index (χ1) is 12.5. The molecule has 0 aliphatic carbocycles. The van der Waals surface area contributed by atoms with Gasteiger partial charge in [-0.2, -0.15) is 0 Å². The molecule has 7 nitrogen and oxygen atoms in total. The molecule has 0 aromatic carbocycles. The Bertz CT molecular complexity index is 616. The molecule has 0 spiro atoms. The highest BCUT2D eigenvalue weighted by atomic mass is 16.5. The molecular weight excluding hydrogens is 334 g/mol. The Hall–Kier alpha value is -1.86. The van der Waals surface area contributed by atoms with Gasteiger partial charge in [0, 0.05) is 26.1 Å². The monoisotopic (exact) mass is 363 g/mol. The van der Waals surface area contributed by atoms with Crippen molar-refractivity contribution >= 4 is 11.8 Å². The lowest BCUT2D eigenvalue weighted by Crippen LogP contribution is -2.48. The van der Waals surface area contributed by atoms with Crippen molar-refractivity contribution in [1.29, 1.82) is 0 Å². The van der Waals surface area contributed by atoms with Crippen LogP contribution < -0.4 is 0 Å². The van der Waals surface area contributed by atoms with Crippen molar-refractivity contribution in [3.63, 3.8) is 0 Å². The maximum atomic E-state index is 12.6. The summed E-state index contributed by atoms with van der Waals surface area (Å²) in [7, 11) is 1.80. The predicted molar refractivity (Wildman–Crippen MR) is 96.5 cm³/mol. The van der Waals surface area contributed by atoms with Crippen LogP contribution in [0.25, 0.3) is 0 Å². The van der Waals surface area contributed by atoms with E-state index in [1.54, 1.807) is 11.9 Å². The van der Waals surface area contributed by atoms with Crippen LogP contribution in [0.3, 0.4) is 0 Å². The Labute approximate surface area is 154 Å². The van der Waals surface area contributed by atoms with Gasteiger partial charge in [0.2, 0.25) is 11.8 Å². The zero-order valence-corrected chi connectivity index (χ0v) is 15.8. The minimum atomic E-state index is 0.0806. The molecule has 0 N–H and O–H groups in total. The number of ether oxygens (including phenoxy) is 1. The molecule has 2 aliphatic rings. The zero-order valence-electron chi connectivity index (χ0n) is 15.8. The molecule has 1 aromatic rings. The average molecular weight is 363 g/mol. The van der Waals surface area contributed by atoms with Gasteiger partial charge in [-0.25, -0.2) is 0 Å². The molecule has 2 aliphatic heterocycles. The fourth-order valence-electron chi connectivity index (χ4n) is 3.58. The van der Waals surface area contributed by atoms with Gasteiger partial charge >= 0.3 is 0 Å². The van der Waals surface area contributed by atoms with E-state index in [-0.39, 0.29) is 17.7 Å². The molecule has 2 saturated heterocycles. The number of nitrogens with zero attached hydrogens (tertiary/aromatic N) is 3. The SMILES string of the molecule is Cc1ccc(CN(C)C(=O)CN2CCC(C(=O)N3CCOCC3)CC2)o1. The summed E-state index contributed by atoms with van der Waals surface area (Å²) < 4.78 is 10.8. The van der Waals surface area contributed by atoms with Gasteiger partial charge in [0.1, 0.15) is 11.5 Å². The highest BCUT2D eigenvalue weighted by Crippen LogP contribution is 2.20. The number of furan rings is 1. The van der Waals surface area contributed by atoms with Gasteiger partial charge in [0.15, 0.2) is 0 Å². The van der Waals surface area contributed by atoms with E-state index in [1.807, 2.05) is 24.0 Å². The van der Waals surface area contributed by atoms with Crippen molar-refractivity contribution in [3.8, 4) is 0 Å². The van der Waals surface area contributed by atoms with Crippen LogP contribution in [0.1, 0.15) is 24.4 Å². The van der Waals surface area contributed by atoms with E-state index in [0.29, 0.717) is 39.4 Å². The molecule has 3 heterocycles. The average Bonchev–Trinajstić information content (AvgIpc) is 3.07. The number of rotatable bonds is 5. The number of hydrogen-bond donors (Lipinski definition) is 0. The molecule has 2 amide bonds. The lowest BCUT2D eigenvalue weighted by molar-refractivity contribution is -0.141. The summed E-state index contributed by atoms with van der Waals surface area (Å²) in [6.07, 6.45) is 1.65. The van der Waals surface area contributed by atoms with E-state index >= 15 is 0 Å². The van der Waals surface area contributed by atoms with Crippen molar-refractivity contribution in [2.24, 2.45) is 5.92 Å². The first-order valence-electron chi connectivity index (χ1n) is 9.41. The third-order valence-corrected chi connectivity index (χ3v) is 5.23. The number of likely N-dealkylation sites (tertiary alicyclic amines) is 1. The van der Waals surface area contributed by atoms with Crippen molar-refractivity contribution in [2.75, 3.05) is 53.0 Å². The Morgan fingerprint density at radius 1 is 1.15 bits per heavy atom. The second kappa shape index (κ2) is 8.68. The Kier molecular flexibility index (Phi) is 6.32. The second-order valence-electron chi connectivity index (χ2n) is 7.25. The van der Waals surface area contributed by atoms with Crippen LogP contribution in [0.15, 0.2) is 16.5 Å². The highest BCUT2D eigenvalue weighted by molar-refractivity contribution is 5.79. The summed E-state index contributed by atoms with van der Waals surface area (Å²) >= 11 is 0. The third-order valence-electron chi connectivity index (χ3n) is 5.23. The van der Waals surface area contributed by atoms with Crippen LogP contribution in [0.5, 0.6) is 0 Å². The molecule has 0 radical (unpaired) electrons. The molecule has 3 rings (SSSR count). The number of morpholine rings is 1. The van der Waals surface area contributed by atoms with Crippen molar-refractivity contribution in [1.82, 2.24) is 14.7 Å². The highest BCUT2D eigenvalue weighted by Gasteiger charge is 2.30. The Morgan fingerprint density at radius 2 is 1.85 bits per heavy atom. The largest absolute Gasteiger partial charge is 0.464 e. The van der Waals surface area contributed by atoms with Gasteiger partial charge in [-0.3, -0.25) is 14.5 Å². The maximum absolute atomic E-state index is 12.6. The van der Waals surface area contributed by atoms with Crippen molar-refractivity contribution < 1.29 is 18.7 Å². The smallest absolute Gasteiger partial charge is 0.236 e. The summed E-state index contributed by atoms with van der Waals surface area (Å²) in [5, 5.41) is 0. The number of carbonyl (C=O) groups excluding carboxylic acids is 2. The van der Waals surface area contributed by atoms with Gasteiger partial charge in [-0.1, -0.05) is 0 Å². The van der Waals surface area contributed by atoms with Crippen LogP contribution in [0.2, 0.25) is 0 Å². The van der Waals surface area contributed by atoms with E-state index in [0.717, 1.165) is 37.5 Å². The van der Waals surface area contributed by atoms with Crippen molar-refractivity contribution in [3.05, 3.63) is 23.7 Å². The Balaban J connectivity index is 1.41. The van der Waals surface area contributed by atoms with Crippen LogP contribution >= 0.6 is 0 Å². The normalized spacial score (nSPS) is 19.5. The van der Waals surface area contributed by atoms with E-state index in [9.17, 15) is 9.59 Å². The first-order valence-corrected chi connectivity index (χ1v) is 9.41. The number of hydrogen-bond acceptors (Lipinski definition) is 5. The number of piperidine rings is 1. The fourth-order valence-corrected chi connectivity index (χ4v) is 3.58. The topological polar surface area (TPSA) is 66.2 Å². The van der Waals surface area contributed by atoms with Gasteiger partial charge in [0.25, 0.3) is 0 Å². The summed E-state index contributed by atoms with van der Waals surface area (Å²) in [5.74, 6) is 2.07. The maximum Gasteiger partial charge on any atom is 0.236 e. The Morgan fingerprint density at radius 3 is 2.46 bits per heavy atom. The quantitative estimate of drug-likeness (QED) is 0.784. The minimum Gasteiger partial charge on any atom is -0.464 e. The first kappa shape index (κ1) is 18.9. The minimum absolute atomic E-state index is 0.0806. The van der Waals surface area contributed by atoms with E-state index < -0.39 is 0 Å². The van der Waals surface area contributed by atoms with Crippen LogP contribution in [0, 0.1) is 12.8 Å². The van der Waals surface area contributed by atoms with Gasteiger partial charge in [0.05, 0.1) is 26.3 Å². The fraction of sp³-hybridized carbons (Fsp3) is 0.684. The standard InChI is InChI=1S/C19H29N3O4/c1-15-3-4-17(26-15)13-20(2)18(23)14-21-7-5-16(6-8-21)19(24)22-9-11-25-12-10-22/h3-4,16H,5-14H2,1-2H3. The van der Waals surface area contributed by atoms with Gasteiger partial charge in [-0.05, 0) is 45.0 Å². The number of carbonyl (C=O) groups is 2. The molecule has 1 aromatic heterocycles. The van der Waals surface area contributed by atoms with E-state index in [2.05, 4.69) is 4.90 Å². The predicted octanol–water partition coefficient (Wildman–Crippen LogP) is 1.12. The molecule has 0 bridgehead atoms. The molecule has 0 unspecified atom stereocenters. The molecule has 144 valence electrons. The van der Waals surface area contributed by atoms with E-state index in [1.165, 1.54) is 0 Å². The summed E-state index contributed by atoms with van der Waals surface area (Å²) in [5.41, 5.74) is 0. The van der Waals surface area contributed by atoms with Gasteiger partial charge < -0.3 is 19.0 Å². The van der Waals surface area contributed by atoms with Crippen LogP contribution in [-0.2, 0) is 20.9 Å². The molecule has 0 saturated carbocycles. The lowest BCUT2D eigenvalue weighted by atomic mass is 9.95. The molecular formula is C19H29N3O4. The molecule has 0 atom stereocenters. The number of aryl methyl sites for hydroxylation is 1. The lowest BCUT2D eigenvalue weighted by Gasteiger charge is -2.35. The van der Waals surface area contributed by atoms with E-state index in [4.69, 9.17) is 9.15 Å². The summed E-state index contributed by atoms with van der Waals surface area (Å²) in [6, 6.07) is 3.81. The summed E-state index contributed by atoms with van der Waals surface area (Å²) in [4.78, 5) is 30.8. The summed E-state index contributed by atoms with van der Waals surface area (Å²) in [6.45, 7) is 7.05.